The van der Waals surface area contributed by atoms with Crippen LogP contribution in [0.25, 0.3) is 0 Å². The smallest absolute Gasteiger partial charge is 0.118 e. The van der Waals surface area contributed by atoms with Crippen LogP contribution < -0.4 is 14.8 Å². The number of nitrogens with one attached hydrogen (secondary N) is 1. The molecule has 2 rings (SSSR count). The topological polar surface area (TPSA) is 38.3 Å². The van der Waals surface area contributed by atoms with Gasteiger partial charge in [0, 0.05) is 0 Å². The van der Waals surface area contributed by atoms with Gasteiger partial charge >= 0.3 is 0 Å². The van der Waals surface area contributed by atoms with Crippen LogP contribution in [-0.2, 0) is 11.0 Å². The van der Waals surface area contributed by atoms with Crippen LogP contribution in [0, 0.1) is 0 Å². The van der Waals surface area contributed by atoms with Gasteiger partial charge in [0.15, 0.2) is 0 Å². The van der Waals surface area contributed by atoms with Crippen LogP contribution in [0.4, 0.5) is 0 Å². The van der Waals surface area contributed by atoms with Gasteiger partial charge in [-0.3, -0.25) is 0 Å². The lowest BCUT2D eigenvalue weighted by Gasteiger charge is -2.43. The number of rotatable bonds is 6. The molecule has 0 aliphatic heterocycles. The normalized spacial score (nSPS) is 15.1. The predicted octanol–water partition coefficient (Wildman–Crippen LogP) is 6.54. The van der Waals surface area contributed by atoms with Crippen molar-refractivity contribution in [1.29, 1.82) is 0 Å². The van der Waals surface area contributed by atoms with E-state index in [0.717, 1.165) is 11.3 Å². The second-order valence-electron chi connectivity index (χ2n) is 10.9. The maximum Gasteiger partial charge on any atom is 0.118 e. The third kappa shape index (κ3) is 6.63. The molecule has 0 radical (unpaired) electrons. The van der Waals surface area contributed by atoms with Crippen LogP contribution in [0.3, 0.4) is 0 Å². The number of hydrogen-bond donors (Lipinski definition) is 1. The molecule has 1 unspecified atom stereocenters. The number of ether oxygens (including phenoxy) is 1. The predicted molar refractivity (Wildman–Crippen MR) is 138 cm³/mol. The van der Waals surface area contributed by atoms with E-state index in [1.165, 1.54) is 10.9 Å². The van der Waals surface area contributed by atoms with Crippen LogP contribution in [0.1, 0.15) is 79.5 Å². The van der Waals surface area contributed by atoms with E-state index < -0.39 is 18.9 Å². The molecule has 5 heteroatoms. The van der Waals surface area contributed by atoms with Crippen molar-refractivity contribution in [3.05, 3.63) is 59.7 Å². The lowest BCUT2D eigenvalue weighted by molar-refractivity contribution is 0.414. The van der Waals surface area contributed by atoms with Gasteiger partial charge in [0.25, 0.3) is 0 Å². The first-order valence-electron chi connectivity index (χ1n) is 10.9. The minimum atomic E-state index is -1.21. The Kier molecular flexibility index (Phi) is 8.17. The number of benzene rings is 2. The Bertz CT molecular complexity index is 875. The Hall–Kier alpha value is -1.22. The van der Waals surface area contributed by atoms with E-state index in [0.29, 0.717) is 0 Å². The molecule has 0 aliphatic rings. The molecule has 0 amide bonds. The fourth-order valence-corrected chi connectivity index (χ4v) is 9.04. The lowest BCUT2D eigenvalue weighted by atomic mass is 9.99. The van der Waals surface area contributed by atoms with Crippen molar-refractivity contribution in [2.45, 2.75) is 83.4 Å². The summed E-state index contributed by atoms with van der Waals surface area (Å²) in [5.41, 5.74) is 2.30. The highest BCUT2D eigenvalue weighted by Crippen LogP contribution is 2.59. The van der Waals surface area contributed by atoms with Gasteiger partial charge in [0.1, 0.15) is 5.75 Å². The molecule has 31 heavy (non-hydrogen) atoms. The molecule has 0 aromatic heterocycles. The summed E-state index contributed by atoms with van der Waals surface area (Å²) in [5, 5.41) is 1.64. The van der Waals surface area contributed by atoms with Crippen LogP contribution in [0.5, 0.6) is 5.75 Å². The zero-order valence-corrected chi connectivity index (χ0v) is 22.6. The van der Waals surface area contributed by atoms with Gasteiger partial charge in [0.05, 0.1) is 28.9 Å². The quantitative estimate of drug-likeness (QED) is 0.496. The van der Waals surface area contributed by atoms with Gasteiger partial charge in [0.2, 0.25) is 0 Å². The summed E-state index contributed by atoms with van der Waals surface area (Å²) in [6.07, 6.45) is 0. The van der Waals surface area contributed by atoms with E-state index in [9.17, 15) is 4.21 Å². The molecule has 2 aromatic rings. The standard InChI is InChI=1S/C26H40NO2PS/c1-24(2,3)30(25(4,5)6)22-14-12-11-13-21(22)23(27-31(28)26(7,8)9)19-15-17-20(29-10)18-16-19/h11-18,23,27H,1-10H3/t23?,31-/m1/s1. The van der Waals surface area contributed by atoms with Gasteiger partial charge in [-0.2, -0.15) is 0 Å². The molecule has 0 spiro atoms. The molecule has 1 N–H and O–H groups in total. The SMILES string of the molecule is COc1ccc(C(N[S@](=O)C(C)(C)C)c2ccccc2P(C(C)(C)C)C(C)(C)C)cc1. The zero-order chi connectivity index (χ0) is 23.6. The Morgan fingerprint density at radius 2 is 1.35 bits per heavy atom. The van der Waals surface area contributed by atoms with Crippen molar-refractivity contribution in [3.8, 4) is 5.75 Å². The van der Waals surface area contributed by atoms with Crippen LogP contribution >= 0.6 is 7.92 Å². The second kappa shape index (κ2) is 9.73. The monoisotopic (exact) mass is 461 g/mol. The van der Waals surface area contributed by atoms with Gasteiger partial charge in [-0.1, -0.05) is 85.9 Å². The fraction of sp³-hybridized carbons (Fsp3) is 0.538. The van der Waals surface area contributed by atoms with Gasteiger partial charge in [-0.15, -0.1) is 0 Å². The van der Waals surface area contributed by atoms with E-state index in [4.69, 9.17) is 4.74 Å². The third-order valence-electron chi connectivity index (χ3n) is 5.06. The number of hydrogen-bond acceptors (Lipinski definition) is 2. The molecule has 172 valence electrons. The van der Waals surface area contributed by atoms with Crippen molar-refractivity contribution in [2.75, 3.05) is 7.11 Å². The summed E-state index contributed by atoms with van der Waals surface area (Å²) in [5.74, 6) is 0.819. The largest absolute Gasteiger partial charge is 0.497 e. The van der Waals surface area contributed by atoms with Crippen molar-refractivity contribution in [2.24, 2.45) is 0 Å². The maximum atomic E-state index is 13.2. The van der Waals surface area contributed by atoms with Gasteiger partial charge in [-0.05, 0) is 59.6 Å². The van der Waals surface area contributed by atoms with E-state index >= 15 is 0 Å². The number of methoxy groups -OCH3 is 1. The molecule has 0 heterocycles. The van der Waals surface area contributed by atoms with E-state index in [2.05, 4.69) is 82.7 Å². The molecule has 3 nitrogen and oxygen atoms in total. The Labute approximate surface area is 193 Å². The zero-order valence-electron chi connectivity index (χ0n) is 20.9. The molecule has 0 bridgehead atoms. The van der Waals surface area contributed by atoms with E-state index in [1.54, 1.807) is 7.11 Å². The molecule has 0 aliphatic carbocycles. The average molecular weight is 462 g/mol. The molecule has 0 saturated carbocycles. The summed E-state index contributed by atoms with van der Waals surface area (Å²) in [6.45, 7) is 20.0. The molecule has 0 fully saturated rings. The molecule has 0 saturated heterocycles. The van der Waals surface area contributed by atoms with Gasteiger partial charge < -0.3 is 4.74 Å². The molecule has 2 atom stereocenters. The van der Waals surface area contributed by atoms with Crippen molar-refractivity contribution >= 4 is 24.2 Å². The van der Waals surface area contributed by atoms with Crippen LogP contribution in [0.2, 0.25) is 0 Å². The lowest BCUT2D eigenvalue weighted by Crippen LogP contribution is -2.39. The van der Waals surface area contributed by atoms with Crippen molar-refractivity contribution in [3.63, 3.8) is 0 Å². The summed E-state index contributed by atoms with van der Waals surface area (Å²) < 4.78 is 21.7. The summed E-state index contributed by atoms with van der Waals surface area (Å²) in [7, 11) is -0.0457. The molecule has 2 aromatic carbocycles. The Balaban J connectivity index is 2.70. The highest BCUT2D eigenvalue weighted by Gasteiger charge is 2.38. The first-order chi connectivity index (χ1) is 14.2. The summed E-state index contributed by atoms with van der Waals surface area (Å²) in [6, 6.07) is 16.6. The maximum absolute atomic E-state index is 13.2. The highest BCUT2D eigenvalue weighted by atomic mass is 32.2. The molecular weight excluding hydrogens is 421 g/mol. The van der Waals surface area contributed by atoms with Gasteiger partial charge in [-0.25, -0.2) is 8.93 Å². The summed E-state index contributed by atoms with van der Waals surface area (Å²) in [4.78, 5) is 0. The first kappa shape index (κ1) is 26.0. The van der Waals surface area contributed by atoms with E-state index in [-0.39, 0.29) is 21.1 Å². The third-order valence-corrected chi connectivity index (χ3v) is 10.2. The fourth-order valence-electron chi connectivity index (χ4n) is 4.06. The minimum Gasteiger partial charge on any atom is -0.497 e. The second-order valence-corrected chi connectivity index (χ2v) is 16.8. The van der Waals surface area contributed by atoms with E-state index in [1.807, 2.05) is 32.9 Å². The average Bonchev–Trinajstić information content (AvgIpc) is 2.63. The summed E-state index contributed by atoms with van der Waals surface area (Å²) >= 11 is 0. The van der Waals surface area contributed by atoms with Crippen LogP contribution in [0.15, 0.2) is 48.5 Å². The Morgan fingerprint density at radius 1 is 0.839 bits per heavy atom. The van der Waals surface area contributed by atoms with Crippen molar-refractivity contribution in [1.82, 2.24) is 4.72 Å². The van der Waals surface area contributed by atoms with Crippen molar-refractivity contribution < 1.29 is 8.95 Å². The first-order valence-corrected chi connectivity index (χ1v) is 13.4. The molecular formula is C26H40NO2PS. The Morgan fingerprint density at radius 3 is 1.81 bits per heavy atom. The highest BCUT2D eigenvalue weighted by molar-refractivity contribution is 7.84. The minimum absolute atomic E-state index is 0.136. The van der Waals surface area contributed by atoms with Crippen LogP contribution in [-0.4, -0.2) is 26.4 Å².